The molecule has 11 heteroatoms. The molecule has 26 heavy (non-hydrogen) atoms. The normalized spacial score (nSPS) is 22.3. The molecule has 2 N–H and O–H groups in total. The average Bonchev–Trinajstić information content (AvgIpc) is 2.98. The maximum atomic E-state index is 13.3. The van der Waals surface area contributed by atoms with Crippen molar-refractivity contribution in [3.63, 3.8) is 0 Å². The van der Waals surface area contributed by atoms with E-state index in [0.29, 0.717) is 13.2 Å². The lowest BCUT2D eigenvalue weighted by molar-refractivity contribution is -0.138. The first-order valence-electron chi connectivity index (χ1n) is 7.54. The van der Waals surface area contributed by atoms with Gasteiger partial charge in [0, 0.05) is 6.42 Å². The van der Waals surface area contributed by atoms with E-state index in [4.69, 9.17) is 32.7 Å². The number of carboxylic acids is 1. The Balaban J connectivity index is 1.95. The first-order chi connectivity index (χ1) is 12.1. The Kier molecular flexibility index (Phi) is 5.19. The molecule has 1 aliphatic carbocycles. The molecule has 1 fully saturated rings. The maximum absolute atomic E-state index is 13.3. The predicted octanol–water partition coefficient (Wildman–Crippen LogP) is 2.79. The number of carbonyl (C=O) groups is 1. The monoisotopic (exact) mass is 425 g/mol. The van der Waals surface area contributed by atoms with Gasteiger partial charge in [0.2, 0.25) is 10.0 Å². The van der Waals surface area contributed by atoms with Gasteiger partial charge in [-0.2, -0.15) is 0 Å². The molecule has 7 nitrogen and oxygen atoms in total. The number of carboxylic acid groups (broad SMARTS) is 1. The summed E-state index contributed by atoms with van der Waals surface area (Å²) in [4.78, 5) is 11.6. The molecule has 1 heterocycles. The number of sulfonamides is 1. The molecule has 1 unspecified atom stereocenters. The molecule has 1 aliphatic heterocycles. The van der Waals surface area contributed by atoms with Crippen LogP contribution >= 0.6 is 23.2 Å². The number of rotatable bonds is 4. The zero-order valence-corrected chi connectivity index (χ0v) is 15.5. The fraction of sp³-hybridized carbons (Fsp3) is 0.400. The highest BCUT2D eigenvalue weighted by Gasteiger charge is 2.45. The number of hydrogen-bond donors (Lipinski definition) is 2. The number of halogens is 3. The van der Waals surface area contributed by atoms with E-state index < -0.39 is 32.8 Å². The van der Waals surface area contributed by atoms with E-state index in [2.05, 4.69) is 4.72 Å². The Labute approximate surface area is 158 Å². The molecule has 0 aromatic heterocycles. The van der Waals surface area contributed by atoms with Crippen molar-refractivity contribution >= 4 is 44.9 Å². The molecule has 142 valence electrons. The van der Waals surface area contributed by atoms with Crippen molar-refractivity contribution < 1.29 is 32.2 Å². The van der Waals surface area contributed by atoms with Crippen LogP contribution in [0.2, 0.25) is 10.0 Å². The Morgan fingerprint density at radius 2 is 1.85 bits per heavy atom. The molecule has 0 saturated carbocycles. The van der Waals surface area contributed by atoms with Crippen LogP contribution in [0.3, 0.4) is 0 Å². The van der Waals surface area contributed by atoms with Crippen molar-refractivity contribution in [3.05, 3.63) is 39.6 Å². The molecule has 0 bridgehead atoms. The van der Waals surface area contributed by atoms with Gasteiger partial charge in [0.15, 0.2) is 5.79 Å². The Morgan fingerprint density at radius 1 is 1.27 bits per heavy atom. The summed E-state index contributed by atoms with van der Waals surface area (Å²) in [5.74, 6) is -3.36. The summed E-state index contributed by atoms with van der Waals surface area (Å²) in [6.45, 7) is 0.583. The van der Waals surface area contributed by atoms with Crippen LogP contribution in [0.25, 0.3) is 0 Å². The van der Waals surface area contributed by atoms with Crippen LogP contribution in [-0.2, 0) is 24.3 Å². The van der Waals surface area contributed by atoms with Crippen molar-refractivity contribution in [2.75, 3.05) is 17.9 Å². The molecule has 2 aliphatic rings. The highest BCUT2D eigenvalue weighted by atomic mass is 35.5. The zero-order valence-electron chi connectivity index (χ0n) is 13.2. The fourth-order valence-corrected chi connectivity index (χ4v) is 5.21. The van der Waals surface area contributed by atoms with Crippen molar-refractivity contribution in [1.29, 1.82) is 0 Å². The van der Waals surface area contributed by atoms with Gasteiger partial charge in [-0.05, 0) is 24.6 Å². The molecule has 1 aromatic carbocycles. The van der Waals surface area contributed by atoms with Gasteiger partial charge in [-0.1, -0.05) is 23.2 Å². The van der Waals surface area contributed by atoms with Gasteiger partial charge in [0.05, 0.1) is 34.5 Å². The third kappa shape index (κ3) is 3.67. The number of nitrogens with one attached hydrogen (secondary N) is 1. The van der Waals surface area contributed by atoms with Crippen LogP contribution < -0.4 is 4.72 Å². The average molecular weight is 426 g/mol. The van der Waals surface area contributed by atoms with Gasteiger partial charge in [-0.25, -0.2) is 17.6 Å². The van der Waals surface area contributed by atoms with E-state index in [9.17, 15) is 22.7 Å². The number of anilines is 1. The Hall–Kier alpha value is -1.39. The fourth-order valence-electron chi connectivity index (χ4n) is 2.96. The second-order valence-electron chi connectivity index (χ2n) is 5.83. The second-order valence-corrected chi connectivity index (χ2v) is 8.51. The first-order valence-corrected chi connectivity index (χ1v) is 9.84. The molecule has 1 aromatic rings. The van der Waals surface area contributed by atoms with Crippen molar-refractivity contribution in [2.24, 2.45) is 0 Å². The number of hydrogen-bond acceptors (Lipinski definition) is 5. The van der Waals surface area contributed by atoms with Crippen LogP contribution in [0, 0.1) is 5.82 Å². The minimum absolute atomic E-state index is 0.0517. The van der Waals surface area contributed by atoms with Crippen molar-refractivity contribution in [3.8, 4) is 0 Å². The molecule has 1 saturated heterocycles. The minimum Gasteiger partial charge on any atom is -0.478 e. The highest BCUT2D eigenvalue weighted by Crippen LogP contribution is 2.39. The second kappa shape index (κ2) is 6.97. The van der Waals surface area contributed by atoms with Crippen LogP contribution in [0.1, 0.15) is 12.8 Å². The van der Waals surface area contributed by atoms with Crippen LogP contribution in [0.4, 0.5) is 10.1 Å². The Morgan fingerprint density at radius 3 is 2.38 bits per heavy atom. The lowest BCUT2D eigenvalue weighted by atomic mass is 9.94. The van der Waals surface area contributed by atoms with E-state index in [1.54, 1.807) is 0 Å². The third-order valence-corrected chi connectivity index (χ3v) is 6.45. The van der Waals surface area contributed by atoms with Gasteiger partial charge < -0.3 is 14.6 Å². The van der Waals surface area contributed by atoms with Crippen molar-refractivity contribution in [2.45, 2.75) is 23.9 Å². The van der Waals surface area contributed by atoms with Gasteiger partial charge in [0.1, 0.15) is 11.1 Å². The number of ether oxygens (including phenoxy) is 2. The van der Waals surface area contributed by atoms with Crippen LogP contribution in [-0.4, -0.2) is 43.7 Å². The lowest BCUT2D eigenvalue weighted by Gasteiger charge is -2.32. The van der Waals surface area contributed by atoms with Gasteiger partial charge >= 0.3 is 5.97 Å². The Bertz CT molecular complexity index is 859. The van der Waals surface area contributed by atoms with E-state index in [-0.39, 0.29) is 34.1 Å². The summed E-state index contributed by atoms with van der Waals surface area (Å²) in [5, 5.41) is 7.59. The van der Waals surface area contributed by atoms with Crippen molar-refractivity contribution in [1.82, 2.24) is 0 Å². The molecular formula is C15H14Cl2FNO6S. The molecular weight excluding hydrogens is 412 g/mol. The molecule has 3 rings (SSSR count). The topological polar surface area (TPSA) is 102 Å². The minimum atomic E-state index is -4.24. The van der Waals surface area contributed by atoms with E-state index in [1.165, 1.54) is 6.08 Å². The largest absolute Gasteiger partial charge is 0.478 e. The summed E-state index contributed by atoms with van der Waals surface area (Å²) in [6.07, 6.45) is 1.30. The molecule has 0 radical (unpaired) electrons. The summed E-state index contributed by atoms with van der Waals surface area (Å²) < 4.78 is 51.8. The van der Waals surface area contributed by atoms with Gasteiger partial charge in [-0.3, -0.25) is 4.72 Å². The summed E-state index contributed by atoms with van der Waals surface area (Å²) in [6, 6.07) is 1.80. The number of benzene rings is 1. The summed E-state index contributed by atoms with van der Waals surface area (Å²) in [5.41, 5.74) is -0.590. The predicted molar refractivity (Wildman–Crippen MR) is 92.3 cm³/mol. The van der Waals surface area contributed by atoms with Gasteiger partial charge in [0.25, 0.3) is 0 Å². The maximum Gasteiger partial charge on any atom is 0.332 e. The highest BCUT2D eigenvalue weighted by molar-refractivity contribution is 7.93. The smallest absolute Gasteiger partial charge is 0.332 e. The third-order valence-electron chi connectivity index (χ3n) is 4.13. The number of aliphatic carboxylic acids is 1. The van der Waals surface area contributed by atoms with E-state index in [1.807, 2.05) is 0 Å². The molecule has 1 spiro atoms. The summed E-state index contributed by atoms with van der Waals surface area (Å²) in [7, 11) is -4.24. The van der Waals surface area contributed by atoms with E-state index in [0.717, 1.165) is 12.1 Å². The summed E-state index contributed by atoms with van der Waals surface area (Å²) >= 11 is 11.7. The van der Waals surface area contributed by atoms with E-state index >= 15 is 0 Å². The molecule has 1 atom stereocenters. The molecule has 0 amide bonds. The SMILES string of the molecule is O=C(O)C1=CC2(CCC1S(=O)(=O)Nc1c(Cl)cc(F)cc1Cl)OCCO2. The standard InChI is InChI=1S/C15H14Cl2FNO6S/c16-10-5-8(18)6-11(17)13(10)19-26(22,23)12-1-2-15(24-3-4-25-15)7-9(12)14(20)21/h5-7,12,19H,1-4H2,(H,20,21). The quantitative estimate of drug-likeness (QED) is 0.768. The van der Waals surface area contributed by atoms with Gasteiger partial charge in [-0.15, -0.1) is 0 Å². The first kappa shape index (κ1) is 19.4. The van der Waals surface area contributed by atoms with Crippen LogP contribution in [0.15, 0.2) is 23.8 Å². The lowest BCUT2D eigenvalue weighted by Crippen LogP contribution is -2.41. The van der Waals surface area contributed by atoms with Crippen LogP contribution in [0.5, 0.6) is 0 Å². The zero-order chi connectivity index (χ0) is 19.1.